The van der Waals surface area contributed by atoms with Crippen molar-refractivity contribution in [2.24, 2.45) is 4.99 Å². The molecule has 0 aliphatic rings. The van der Waals surface area contributed by atoms with Crippen molar-refractivity contribution in [1.29, 1.82) is 0 Å². The maximum atomic E-state index is 12.8. The molecule has 0 radical (unpaired) electrons. The number of carbonyl (C=O) groups is 1. The predicted molar refractivity (Wildman–Crippen MR) is 124 cm³/mol. The molecule has 0 unspecified atom stereocenters. The zero-order valence-corrected chi connectivity index (χ0v) is 18.2. The number of hydrogen-bond donors (Lipinski definition) is 0. The molecule has 4 aromatic rings. The number of thiazole rings is 1. The first kappa shape index (κ1) is 21.6. The molecule has 0 aliphatic heterocycles. The topological polar surface area (TPSA) is 86.7 Å². The average Bonchev–Trinajstić information content (AvgIpc) is 3.14. The van der Waals surface area contributed by atoms with Crippen LogP contribution in [0.2, 0.25) is 0 Å². The van der Waals surface area contributed by atoms with Crippen LogP contribution < -0.4 is 4.80 Å². The smallest absolute Gasteiger partial charge is 0.279 e. The minimum absolute atomic E-state index is 0.00616. The van der Waals surface area contributed by atoms with Crippen LogP contribution in [0, 0.1) is 10.1 Å². The predicted octanol–water partition coefficient (Wildman–Crippen LogP) is 4.59. The van der Waals surface area contributed by atoms with Gasteiger partial charge in [-0.2, -0.15) is 4.99 Å². The molecular weight excluding hydrogens is 426 g/mol. The molecule has 1 amide bonds. The van der Waals surface area contributed by atoms with Crippen LogP contribution in [0.25, 0.3) is 10.2 Å². The summed E-state index contributed by atoms with van der Waals surface area (Å²) in [5.41, 5.74) is 3.45. The molecule has 0 fully saturated rings. The molecule has 162 valence electrons. The number of methoxy groups -OCH3 is 1. The molecule has 4 rings (SSSR count). The highest BCUT2D eigenvalue weighted by Crippen LogP contribution is 2.23. The summed E-state index contributed by atoms with van der Waals surface area (Å²) in [5.74, 6) is -0.358. The van der Waals surface area contributed by atoms with Crippen molar-refractivity contribution < 1.29 is 14.5 Å². The minimum Gasteiger partial charge on any atom is -0.383 e. The van der Waals surface area contributed by atoms with Crippen molar-refractivity contribution in [3.8, 4) is 0 Å². The molecular formula is C24H21N3O4S. The lowest BCUT2D eigenvalue weighted by Crippen LogP contribution is -2.19. The van der Waals surface area contributed by atoms with Crippen LogP contribution in [-0.4, -0.2) is 29.1 Å². The van der Waals surface area contributed by atoms with Crippen molar-refractivity contribution in [2.45, 2.75) is 13.0 Å². The maximum absolute atomic E-state index is 12.8. The van der Waals surface area contributed by atoms with Crippen LogP contribution >= 0.6 is 11.3 Å². The standard InChI is InChI=1S/C24H21N3O4S/c1-31-14-13-26-21-16-20(27(29)30)11-12-22(21)32-24(26)25-23(28)19-9-7-18(8-10-19)15-17-5-3-2-4-6-17/h2-12,16H,13-15H2,1H3. The van der Waals surface area contributed by atoms with Crippen LogP contribution in [-0.2, 0) is 17.7 Å². The van der Waals surface area contributed by atoms with E-state index in [1.54, 1.807) is 29.9 Å². The van der Waals surface area contributed by atoms with Crippen LogP contribution in [0.4, 0.5) is 5.69 Å². The Morgan fingerprint density at radius 3 is 2.47 bits per heavy atom. The second-order valence-electron chi connectivity index (χ2n) is 7.21. The summed E-state index contributed by atoms with van der Waals surface area (Å²) in [6, 6.07) is 22.2. The fourth-order valence-electron chi connectivity index (χ4n) is 3.40. The number of ether oxygens (including phenoxy) is 1. The van der Waals surface area contributed by atoms with Gasteiger partial charge in [0.15, 0.2) is 4.80 Å². The largest absolute Gasteiger partial charge is 0.383 e. The van der Waals surface area contributed by atoms with Gasteiger partial charge in [-0.3, -0.25) is 14.9 Å². The minimum atomic E-state index is -0.434. The molecule has 3 aromatic carbocycles. The number of non-ortho nitro benzene ring substituents is 1. The van der Waals surface area contributed by atoms with Crippen molar-refractivity contribution in [3.63, 3.8) is 0 Å². The highest BCUT2D eigenvalue weighted by atomic mass is 32.1. The summed E-state index contributed by atoms with van der Waals surface area (Å²) in [6.45, 7) is 0.823. The number of nitrogens with zero attached hydrogens (tertiary/aromatic N) is 3. The van der Waals surface area contributed by atoms with Crippen molar-refractivity contribution in [3.05, 3.63) is 104 Å². The van der Waals surface area contributed by atoms with Gasteiger partial charge in [-0.15, -0.1) is 0 Å². The number of amides is 1. The monoisotopic (exact) mass is 447 g/mol. The van der Waals surface area contributed by atoms with E-state index in [0.717, 1.165) is 16.7 Å². The van der Waals surface area contributed by atoms with Gasteiger partial charge in [-0.1, -0.05) is 53.8 Å². The summed E-state index contributed by atoms with van der Waals surface area (Å²) < 4.78 is 7.78. The summed E-state index contributed by atoms with van der Waals surface area (Å²) in [6.07, 6.45) is 0.790. The number of benzene rings is 3. The first-order chi connectivity index (χ1) is 15.5. The Hall–Kier alpha value is -3.62. The summed E-state index contributed by atoms with van der Waals surface area (Å²) >= 11 is 1.32. The number of rotatable bonds is 7. The molecule has 8 heteroatoms. The van der Waals surface area contributed by atoms with Gasteiger partial charge in [0.25, 0.3) is 11.6 Å². The Morgan fingerprint density at radius 1 is 1.06 bits per heavy atom. The number of fused-ring (bicyclic) bond motifs is 1. The molecule has 7 nitrogen and oxygen atoms in total. The molecule has 0 N–H and O–H groups in total. The normalized spacial score (nSPS) is 11.7. The maximum Gasteiger partial charge on any atom is 0.279 e. The molecule has 0 aliphatic carbocycles. The number of nitro groups is 1. The van der Waals surface area contributed by atoms with E-state index in [0.29, 0.717) is 29.0 Å². The second kappa shape index (κ2) is 9.67. The highest BCUT2D eigenvalue weighted by molar-refractivity contribution is 7.16. The first-order valence-corrected chi connectivity index (χ1v) is 10.9. The fraction of sp³-hybridized carbons (Fsp3) is 0.167. The lowest BCUT2D eigenvalue weighted by molar-refractivity contribution is -0.384. The van der Waals surface area contributed by atoms with Gasteiger partial charge in [0.05, 0.1) is 21.7 Å². The fourth-order valence-corrected chi connectivity index (χ4v) is 4.44. The Labute approximate surface area is 188 Å². The third-order valence-electron chi connectivity index (χ3n) is 5.04. The number of hydrogen-bond acceptors (Lipinski definition) is 5. The van der Waals surface area contributed by atoms with Gasteiger partial charge in [0.2, 0.25) is 0 Å². The van der Waals surface area contributed by atoms with Gasteiger partial charge in [-0.25, -0.2) is 0 Å². The first-order valence-electron chi connectivity index (χ1n) is 10.0. The molecule has 0 saturated carbocycles. The summed E-state index contributed by atoms with van der Waals surface area (Å²) in [7, 11) is 1.58. The van der Waals surface area contributed by atoms with E-state index >= 15 is 0 Å². The zero-order chi connectivity index (χ0) is 22.5. The summed E-state index contributed by atoms with van der Waals surface area (Å²) in [5, 5.41) is 11.2. The molecule has 32 heavy (non-hydrogen) atoms. The number of nitro benzene ring substituents is 1. The zero-order valence-electron chi connectivity index (χ0n) is 17.4. The van der Waals surface area contributed by atoms with Crippen molar-refractivity contribution in [1.82, 2.24) is 4.57 Å². The quantitative estimate of drug-likeness (QED) is 0.306. The van der Waals surface area contributed by atoms with E-state index < -0.39 is 4.92 Å². The number of carbonyl (C=O) groups excluding carboxylic acids is 1. The number of aromatic nitrogens is 1. The molecule has 0 saturated heterocycles. The molecule has 0 atom stereocenters. The highest BCUT2D eigenvalue weighted by Gasteiger charge is 2.13. The van der Waals surface area contributed by atoms with Gasteiger partial charge < -0.3 is 9.30 Å². The van der Waals surface area contributed by atoms with E-state index in [9.17, 15) is 14.9 Å². The van der Waals surface area contributed by atoms with Gasteiger partial charge in [0.1, 0.15) is 0 Å². The van der Waals surface area contributed by atoms with E-state index in [4.69, 9.17) is 4.74 Å². The molecule has 1 heterocycles. The Kier molecular flexibility index (Phi) is 6.53. The summed E-state index contributed by atoms with van der Waals surface area (Å²) in [4.78, 5) is 28.4. The van der Waals surface area contributed by atoms with Gasteiger partial charge in [0, 0.05) is 31.4 Å². The third kappa shape index (κ3) is 4.82. The third-order valence-corrected chi connectivity index (χ3v) is 6.10. The van der Waals surface area contributed by atoms with E-state index in [2.05, 4.69) is 17.1 Å². The second-order valence-corrected chi connectivity index (χ2v) is 8.22. The van der Waals surface area contributed by atoms with Gasteiger partial charge in [-0.05, 0) is 35.7 Å². The van der Waals surface area contributed by atoms with E-state index in [1.807, 2.05) is 30.3 Å². The molecule has 0 bridgehead atoms. The van der Waals surface area contributed by atoms with Crippen LogP contribution in [0.15, 0.2) is 77.8 Å². The van der Waals surface area contributed by atoms with Crippen LogP contribution in [0.3, 0.4) is 0 Å². The van der Waals surface area contributed by atoms with Crippen LogP contribution in [0.5, 0.6) is 0 Å². The lowest BCUT2D eigenvalue weighted by Gasteiger charge is -2.05. The van der Waals surface area contributed by atoms with Crippen molar-refractivity contribution >= 4 is 33.1 Å². The lowest BCUT2D eigenvalue weighted by atomic mass is 10.0. The van der Waals surface area contributed by atoms with Gasteiger partial charge >= 0.3 is 0 Å². The Bertz CT molecular complexity index is 1330. The van der Waals surface area contributed by atoms with Crippen LogP contribution in [0.1, 0.15) is 21.5 Å². The SMILES string of the molecule is COCCn1c(=NC(=O)c2ccc(Cc3ccccc3)cc2)sc2ccc([N+](=O)[O-])cc21. The van der Waals surface area contributed by atoms with E-state index in [1.165, 1.54) is 29.0 Å². The average molecular weight is 448 g/mol. The Balaban J connectivity index is 1.65. The Morgan fingerprint density at radius 2 is 1.78 bits per heavy atom. The molecule has 1 aromatic heterocycles. The van der Waals surface area contributed by atoms with Crippen molar-refractivity contribution in [2.75, 3.05) is 13.7 Å². The van der Waals surface area contributed by atoms with E-state index in [-0.39, 0.29) is 11.6 Å². The molecule has 0 spiro atoms.